The fourth-order valence-electron chi connectivity index (χ4n) is 2.72. The van der Waals surface area contributed by atoms with Gasteiger partial charge in [-0.1, -0.05) is 29.8 Å². The summed E-state index contributed by atoms with van der Waals surface area (Å²) < 4.78 is 6.86. The minimum Gasteiger partial charge on any atom is -0.452 e. The molecule has 144 valence electrons. The Morgan fingerprint density at radius 2 is 1.71 bits per heavy atom. The van der Waals surface area contributed by atoms with Crippen LogP contribution >= 0.6 is 11.6 Å². The van der Waals surface area contributed by atoms with Gasteiger partial charge in [0.15, 0.2) is 6.61 Å². The average molecular weight is 398 g/mol. The zero-order valence-corrected chi connectivity index (χ0v) is 16.6. The number of esters is 1. The van der Waals surface area contributed by atoms with Crippen LogP contribution in [0.2, 0.25) is 5.02 Å². The van der Waals surface area contributed by atoms with E-state index in [-0.39, 0.29) is 12.5 Å². The van der Waals surface area contributed by atoms with Gasteiger partial charge in [0.2, 0.25) is 0 Å². The van der Waals surface area contributed by atoms with Crippen molar-refractivity contribution in [1.82, 2.24) is 9.78 Å². The van der Waals surface area contributed by atoms with E-state index in [1.54, 1.807) is 36.0 Å². The van der Waals surface area contributed by atoms with Crippen LogP contribution in [0.15, 0.2) is 54.6 Å². The zero-order chi connectivity index (χ0) is 20.3. The topological polar surface area (TPSA) is 64.4 Å². The van der Waals surface area contributed by atoms with Crippen LogP contribution in [0.25, 0.3) is 5.69 Å². The number of anilines is 1. The van der Waals surface area contributed by atoms with E-state index >= 15 is 0 Å². The zero-order valence-electron chi connectivity index (χ0n) is 15.8. The summed E-state index contributed by atoms with van der Waals surface area (Å²) in [7, 11) is 1.64. The monoisotopic (exact) mass is 397 g/mol. The molecule has 0 saturated carbocycles. The summed E-state index contributed by atoms with van der Waals surface area (Å²) in [6.07, 6.45) is 0. The fourth-order valence-corrected chi connectivity index (χ4v) is 2.83. The molecule has 1 heterocycles. The molecule has 0 aliphatic carbocycles. The van der Waals surface area contributed by atoms with Gasteiger partial charge in [-0.25, -0.2) is 9.48 Å². The van der Waals surface area contributed by atoms with Crippen LogP contribution in [0.1, 0.15) is 21.7 Å². The molecule has 0 aliphatic rings. The van der Waals surface area contributed by atoms with E-state index in [9.17, 15) is 9.59 Å². The van der Waals surface area contributed by atoms with Gasteiger partial charge in [0.05, 0.1) is 27.7 Å². The molecule has 0 unspecified atom stereocenters. The Kier molecular flexibility index (Phi) is 5.80. The number of para-hydroxylation sites is 1. The smallest absolute Gasteiger partial charge is 0.338 e. The van der Waals surface area contributed by atoms with Crippen LogP contribution in [0.3, 0.4) is 0 Å². The predicted octanol–water partition coefficient (Wildman–Crippen LogP) is 3.96. The molecule has 0 N–H and O–H groups in total. The summed E-state index contributed by atoms with van der Waals surface area (Å²) >= 11 is 6.18. The summed E-state index contributed by atoms with van der Waals surface area (Å²) in [5, 5.41) is 5.00. The molecule has 3 aromatic rings. The lowest BCUT2D eigenvalue weighted by Gasteiger charge is -2.17. The number of benzene rings is 2. The first-order valence-corrected chi connectivity index (χ1v) is 9.07. The van der Waals surface area contributed by atoms with Crippen molar-refractivity contribution in [1.29, 1.82) is 0 Å². The molecule has 0 radical (unpaired) electrons. The second kappa shape index (κ2) is 8.27. The number of aryl methyl sites for hydroxylation is 1. The van der Waals surface area contributed by atoms with E-state index in [0.717, 1.165) is 22.8 Å². The van der Waals surface area contributed by atoms with Crippen LogP contribution < -0.4 is 4.90 Å². The number of hydrogen-bond acceptors (Lipinski definition) is 4. The SMILES string of the molecule is Cc1nn(-c2ccc(C(=O)OCC(=O)N(C)c3ccccc3)cc2)c(C)c1Cl. The molecule has 6 nitrogen and oxygen atoms in total. The van der Waals surface area contributed by atoms with E-state index in [4.69, 9.17) is 16.3 Å². The van der Waals surface area contributed by atoms with Crippen molar-refractivity contribution in [3.05, 3.63) is 76.6 Å². The van der Waals surface area contributed by atoms with Crippen molar-refractivity contribution in [3.63, 3.8) is 0 Å². The first-order valence-electron chi connectivity index (χ1n) is 8.69. The van der Waals surface area contributed by atoms with E-state index in [1.807, 2.05) is 44.2 Å². The number of hydrogen-bond donors (Lipinski definition) is 0. The molecular weight excluding hydrogens is 378 g/mol. The molecule has 7 heteroatoms. The second-order valence-corrected chi connectivity index (χ2v) is 6.69. The number of halogens is 1. The Balaban J connectivity index is 1.63. The number of likely N-dealkylation sites (N-methyl/N-ethyl adjacent to an activating group) is 1. The van der Waals surface area contributed by atoms with Crippen LogP contribution in [0.5, 0.6) is 0 Å². The molecule has 1 aromatic heterocycles. The second-order valence-electron chi connectivity index (χ2n) is 6.31. The Morgan fingerprint density at radius 1 is 1.07 bits per heavy atom. The molecule has 0 spiro atoms. The van der Waals surface area contributed by atoms with E-state index in [0.29, 0.717) is 10.6 Å². The molecule has 2 aromatic carbocycles. The highest BCUT2D eigenvalue weighted by molar-refractivity contribution is 6.31. The lowest BCUT2D eigenvalue weighted by atomic mass is 10.2. The van der Waals surface area contributed by atoms with Gasteiger partial charge in [-0.15, -0.1) is 0 Å². The number of aromatic nitrogens is 2. The molecule has 28 heavy (non-hydrogen) atoms. The van der Waals surface area contributed by atoms with Crippen molar-refractivity contribution in [2.24, 2.45) is 0 Å². The maximum absolute atomic E-state index is 12.2. The largest absolute Gasteiger partial charge is 0.452 e. The average Bonchev–Trinajstić information content (AvgIpc) is 2.99. The predicted molar refractivity (Wildman–Crippen MR) is 108 cm³/mol. The van der Waals surface area contributed by atoms with Crippen LogP contribution in [0, 0.1) is 13.8 Å². The molecule has 0 atom stereocenters. The maximum atomic E-state index is 12.2. The van der Waals surface area contributed by atoms with Crippen LogP contribution in [-0.4, -0.2) is 35.3 Å². The quantitative estimate of drug-likeness (QED) is 0.611. The molecule has 0 bridgehead atoms. The molecule has 0 saturated heterocycles. The third-order valence-electron chi connectivity index (χ3n) is 4.39. The summed E-state index contributed by atoms with van der Waals surface area (Å²) in [6, 6.07) is 15.9. The van der Waals surface area contributed by atoms with Gasteiger partial charge in [0.1, 0.15) is 0 Å². The Morgan fingerprint density at radius 3 is 2.29 bits per heavy atom. The molecule has 1 amide bonds. The van der Waals surface area contributed by atoms with Crippen LogP contribution in [-0.2, 0) is 9.53 Å². The number of rotatable bonds is 5. The lowest BCUT2D eigenvalue weighted by molar-refractivity contribution is -0.121. The maximum Gasteiger partial charge on any atom is 0.338 e. The van der Waals surface area contributed by atoms with Crippen LogP contribution in [0.4, 0.5) is 5.69 Å². The normalized spacial score (nSPS) is 10.6. The number of carbonyl (C=O) groups is 2. The minimum absolute atomic E-state index is 0.312. The first-order chi connectivity index (χ1) is 13.4. The van der Waals surface area contributed by atoms with Gasteiger partial charge in [-0.05, 0) is 50.2 Å². The van der Waals surface area contributed by atoms with Gasteiger partial charge < -0.3 is 9.64 Å². The van der Waals surface area contributed by atoms with Gasteiger partial charge in [-0.2, -0.15) is 5.10 Å². The Bertz CT molecular complexity index is 998. The first kappa shape index (κ1) is 19.6. The summed E-state index contributed by atoms with van der Waals surface area (Å²) in [5.74, 6) is -0.874. The molecule has 3 rings (SSSR count). The van der Waals surface area contributed by atoms with Crippen molar-refractivity contribution < 1.29 is 14.3 Å². The summed E-state index contributed by atoms with van der Waals surface area (Å²) in [4.78, 5) is 25.9. The lowest BCUT2D eigenvalue weighted by Crippen LogP contribution is -2.31. The highest BCUT2D eigenvalue weighted by Crippen LogP contribution is 2.22. The van der Waals surface area contributed by atoms with E-state index in [2.05, 4.69) is 5.10 Å². The van der Waals surface area contributed by atoms with Gasteiger partial charge >= 0.3 is 5.97 Å². The fraction of sp³-hybridized carbons (Fsp3) is 0.190. The number of carbonyl (C=O) groups excluding carboxylic acids is 2. The van der Waals surface area contributed by atoms with E-state index in [1.165, 1.54) is 4.90 Å². The number of nitrogens with zero attached hydrogens (tertiary/aromatic N) is 3. The Labute approximate surface area is 168 Å². The van der Waals surface area contributed by atoms with Crippen molar-refractivity contribution in [2.75, 3.05) is 18.6 Å². The molecule has 0 aliphatic heterocycles. The van der Waals surface area contributed by atoms with Gasteiger partial charge in [0.25, 0.3) is 5.91 Å². The minimum atomic E-state index is -0.562. The highest BCUT2D eigenvalue weighted by Gasteiger charge is 2.15. The third-order valence-corrected chi connectivity index (χ3v) is 4.94. The number of ether oxygens (including phenoxy) is 1. The van der Waals surface area contributed by atoms with Crippen molar-refractivity contribution >= 4 is 29.2 Å². The van der Waals surface area contributed by atoms with E-state index < -0.39 is 5.97 Å². The highest BCUT2D eigenvalue weighted by atomic mass is 35.5. The Hall–Kier alpha value is -3.12. The molecule has 0 fully saturated rings. The number of amides is 1. The third kappa shape index (κ3) is 4.07. The summed E-state index contributed by atoms with van der Waals surface area (Å²) in [5.41, 5.74) is 3.43. The molecular formula is C21H20ClN3O3. The standard InChI is InChI=1S/C21H20ClN3O3/c1-14-20(22)15(2)25(23-14)18-11-9-16(10-12-18)21(27)28-13-19(26)24(3)17-7-5-4-6-8-17/h4-12H,13H2,1-3H3. The summed E-state index contributed by atoms with van der Waals surface area (Å²) in [6.45, 7) is 3.37. The van der Waals surface area contributed by atoms with Crippen molar-refractivity contribution in [2.45, 2.75) is 13.8 Å². The van der Waals surface area contributed by atoms with Gasteiger partial charge in [0, 0.05) is 12.7 Å². The van der Waals surface area contributed by atoms with Crippen molar-refractivity contribution in [3.8, 4) is 5.69 Å². The van der Waals surface area contributed by atoms with Gasteiger partial charge in [-0.3, -0.25) is 4.79 Å².